The molecule has 0 saturated carbocycles. The lowest BCUT2D eigenvalue weighted by atomic mass is 9.63. The lowest BCUT2D eigenvalue weighted by Gasteiger charge is -2.58. The largest absolute Gasteiger partial charge is 0.469 e. The predicted octanol–water partition coefficient (Wildman–Crippen LogP) is 2.39. The second-order valence-corrected chi connectivity index (χ2v) is 10.5. The minimum absolute atomic E-state index is 0.0558. The smallest absolute Gasteiger partial charge is 0.419 e. The van der Waals surface area contributed by atoms with E-state index in [4.69, 9.17) is 9.47 Å². The van der Waals surface area contributed by atoms with E-state index >= 15 is 0 Å². The molecule has 3 atom stereocenters. The van der Waals surface area contributed by atoms with E-state index in [0.717, 1.165) is 5.39 Å². The van der Waals surface area contributed by atoms with Gasteiger partial charge in [-0.2, -0.15) is 0 Å². The fourth-order valence-electron chi connectivity index (χ4n) is 5.90. The van der Waals surface area contributed by atoms with E-state index in [1.54, 1.807) is 37.9 Å². The van der Waals surface area contributed by atoms with E-state index in [2.05, 4.69) is 5.32 Å². The summed E-state index contributed by atoms with van der Waals surface area (Å²) in [6.45, 7) is 5.86. The summed E-state index contributed by atoms with van der Waals surface area (Å²) in [6.07, 6.45) is 2.63. The summed E-state index contributed by atoms with van der Waals surface area (Å²) in [5, 5.41) is 3.69. The number of para-hydroxylation sites is 1. The zero-order valence-corrected chi connectivity index (χ0v) is 19.8. The molecule has 2 bridgehead atoms. The quantitative estimate of drug-likeness (QED) is 0.695. The Kier molecular flexibility index (Phi) is 4.83. The Bertz CT molecular complexity index is 1230. The van der Waals surface area contributed by atoms with Crippen LogP contribution in [0.25, 0.3) is 10.9 Å². The van der Waals surface area contributed by atoms with E-state index in [1.165, 1.54) is 11.7 Å². The Hall–Kier alpha value is -3.36. The maximum Gasteiger partial charge on any atom is 0.419 e. The first kappa shape index (κ1) is 22.4. The summed E-state index contributed by atoms with van der Waals surface area (Å²) in [5.41, 5.74) is -1.86. The third-order valence-corrected chi connectivity index (χ3v) is 7.35. The third kappa shape index (κ3) is 3.05. The number of methoxy groups -OCH3 is 1. The molecular formula is C25H29N3O6. The standard InChI is InChI=1S/C25H29N3O6/c1-23(2,3)34-22(32)27-14-15(16-8-5-6-9-18(16)27)12-25-17(19(29)33-4)13-24(20(30)26-25)10-7-11-28(24)21(25)31/h5-6,8-9,14,17H,7,10-13H2,1-4H3,(H,26,30)/t17-,24-,25-/m0/s1. The number of nitrogens with zero attached hydrogens (tertiary/aromatic N) is 2. The molecule has 1 aromatic carbocycles. The monoisotopic (exact) mass is 467 g/mol. The van der Waals surface area contributed by atoms with Crippen molar-refractivity contribution in [1.82, 2.24) is 14.8 Å². The number of hydrogen-bond donors (Lipinski definition) is 1. The molecule has 34 heavy (non-hydrogen) atoms. The third-order valence-electron chi connectivity index (χ3n) is 7.35. The predicted molar refractivity (Wildman–Crippen MR) is 122 cm³/mol. The molecule has 9 heteroatoms. The van der Waals surface area contributed by atoms with Gasteiger partial charge in [0.25, 0.3) is 0 Å². The highest BCUT2D eigenvalue weighted by molar-refractivity contribution is 6.08. The van der Waals surface area contributed by atoms with Crippen molar-refractivity contribution in [3.05, 3.63) is 36.0 Å². The van der Waals surface area contributed by atoms with Gasteiger partial charge in [-0.1, -0.05) is 18.2 Å². The number of amides is 2. The highest BCUT2D eigenvalue weighted by atomic mass is 16.6. The lowest BCUT2D eigenvalue weighted by molar-refractivity contribution is -0.182. The van der Waals surface area contributed by atoms with Crippen molar-refractivity contribution >= 4 is 34.8 Å². The van der Waals surface area contributed by atoms with E-state index < -0.39 is 34.7 Å². The number of ether oxygens (including phenoxy) is 2. The molecule has 1 spiro atoms. The van der Waals surface area contributed by atoms with Crippen molar-refractivity contribution in [3.8, 4) is 0 Å². The van der Waals surface area contributed by atoms with Gasteiger partial charge in [0.1, 0.15) is 16.7 Å². The molecule has 4 aliphatic heterocycles. The van der Waals surface area contributed by atoms with E-state index in [0.29, 0.717) is 30.5 Å². The fraction of sp³-hybridized carbons (Fsp3) is 0.520. The van der Waals surface area contributed by atoms with E-state index in [9.17, 15) is 19.2 Å². The van der Waals surface area contributed by atoms with Crippen LogP contribution in [0, 0.1) is 5.92 Å². The summed E-state index contributed by atoms with van der Waals surface area (Å²) in [7, 11) is 1.29. The molecule has 4 fully saturated rings. The number of hydrogen-bond acceptors (Lipinski definition) is 6. The van der Waals surface area contributed by atoms with Crippen LogP contribution in [0.15, 0.2) is 30.5 Å². The molecule has 2 amide bonds. The summed E-state index contributed by atoms with van der Waals surface area (Å²) in [4.78, 5) is 54.6. The van der Waals surface area contributed by atoms with Gasteiger partial charge in [-0.15, -0.1) is 0 Å². The van der Waals surface area contributed by atoms with Gasteiger partial charge in [0.2, 0.25) is 11.8 Å². The van der Waals surface area contributed by atoms with Crippen molar-refractivity contribution < 1.29 is 28.7 Å². The van der Waals surface area contributed by atoms with Gasteiger partial charge in [-0.3, -0.25) is 19.0 Å². The molecule has 9 nitrogen and oxygen atoms in total. The Morgan fingerprint density at radius 2 is 1.94 bits per heavy atom. The number of nitrogens with one attached hydrogen (secondary N) is 1. The molecule has 1 N–H and O–H groups in total. The van der Waals surface area contributed by atoms with Crippen LogP contribution in [0.5, 0.6) is 0 Å². The molecule has 0 radical (unpaired) electrons. The Balaban J connectivity index is 1.62. The molecule has 5 heterocycles. The molecule has 4 aliphatic rings. The second kappa shape index (κ2) is 7.32. The molecule has 6 rings (SSSR count). The molecule has 0 unspecified atom stereocenters. The van der Waals surface area contributed by atoms with Gasteiger partial charge < -0.3 is 19.7 Å². The van der Waals surface area contributed by atoms with Crippen molar-refractivity contribution in [2.45, 2.75) is 63.1 Å². The number of benzene rings is 1. The van der Waals surface area contributed by atoms with Crippen molar-refractivity contribution in [2.24, 2.45) is 5.92 Å². The molecular weight excluding hydrogens is 438 g/mol. The normalized spacial score (nSPS) is 28.1. The topological polar surface area (TPSA) is 107 Å². The van der Waals surface area contributed by atoms with Crippen LogP contribution in [-0.2, 0) is 30.3 Å². The highest BCUT2D eigenvalue weighted by Gasteiger charge is 2.70. The number of fused-ring (bicyclic) bond motifs is 3. The van der Waals surface area contributed by atoms with Gasteiger partial charge in [-0.25, -0.2) is 4.79 Å². The SMILES string of the molecule is COC(=O)[C@@H]1C[C@]23CCCN2C(=O)[C@@]1(Cc1cn(C(=O)OC(C)(C)C)c2ccccc12)NC3=O. The zero-order valence-electron chi connectivity index (χ0n) is 19.8. The Morgan fingerprint density at radius 3 is 2.65 bits per heavy atom. The van der Waals surface area contributed by atoms with E-state index in [1.807, 2.05) is 18.2 Å². The molecule has 2 aromatic rings. The number of piperidine rings is 2. The zero-order chi connectivity index (χ0) is 24.5. The highest BCUT2D eigenvalue weighted by Crippen LogP contribution is 2.50. The van der Waals surface area contributed by atoms with Crippen molar-refractivity contribution in [3.63, 3.8) is 0 Å². The molecule has 1 aromatic heterocycles. The van der Waals surface area contributed by atoms with Crippen molar-refractivity contribution in [2.75, 3.05) is 13.7 Å². The van der Waals surface area contributed by atoms with Crippen LogP contribution in [0.1, 0.15) is 45.6 Å². The summed E-state index contributed by atoms with van der Waals surface area (Å²) in [6, 6.07) is 7.31. The lowest BCUT2D eigenvalue weighted by Crippen LogP contribution is -2.83. The van der Waals surface area contributed by atoms with Crippen LogP contribution < -0.4 is 5.32 Å². The molecule has 180 valence electrons. The average molecular weight is 468 g/mol. The summed E-state index contributed by atoms with van der Waals surface area (Å²) >= 11 is 0. The Morgan fingerprint density at radius 1 is 1.21 bits per heavy atom. The number of carbonyl (C=O) groups is 4. The second-order valence-electron chi connectivity index (χ2n) is 10.5. The molecule has 4 saturated heterocycles. The summed E-state index contributed by atoms with van der Waals surface area (Å²) in [5.74, 6) is -1.82. The van der Waals surface area contributed by atoms with Gasteiger partial charge in [0, 0.05) is 24.5 Å². The maximum absolute atomic E-state index is 13.8. The number of carbonyl (C=O) groups excluding carboxylic acids is 4. The van der Waals surface area contributed by atoms with Crippen LogP contribution >= 0.6 is 0 Å². The Labute approximate surface area is 197 Å². The van der Waals surface area contributed by atoms with Gasteiger partial charge in [0.15, 0.2) is 0 Å². The molecule has 0 aliphatic carbocycles. The number of piperazine rings is 1. The van der Waals surface area contributed by atoms with Gasteiger partial charge in [0.05, 0.1) is 18.5 Å². The van der Waals surface area contributed by atoms with E-state index in [-0.39, 0.29) is 24.7 Å². The van der Waals surface area contributed by atoms with Crippen molar-refractivity contribution in [1.29, 1.82) is 0 Å². The first-order valence-electron chi connectivity index (χ1n) is 11.6. The van der Waals surface area contributed by atoms with Crippen LogP contribution in [0.2, 0.25) is 0 Å². The van der Waals surface area contributed by atoms with Crippen LogP contribution in [-0.4, -0.2) is 63.7 Å². The number of rotatable bonds is 3. The first-order valence-corrected chi connectivity index (χ1v) is 11.6. The fourth-order valence-corrected chi connectivity index (χ4v) is 5.90. The first-order chi connectivity index (χ1) is 16.0. The number of aromatic nitrogens is 1. The van der Waals surface area contributed by atoms with Gasteiger partial charge >= 0.3 is 12.1 Å². The minimum atomic E-state index is -1.47. The average Bonchev–Trinajstić information content (AvgIpc) is 3.37. The summed E-state index contributed by atoms with van der Waals surface area (Å²) < 4.78 is 12.1. The van der Waals surface area contributed by atoms with Crippen LogP contribution in [0.4, 0.5) is 4.79 Å². The minimum Gasteiger partial charge on any atom is -0.469 e. The van der Waals surface area contributed by atoms with Crippen LogP contribution in [0.3, 0.4) is 0 Å². The van der Waals surface area contributed by atoms with Gasteiger partial charge in [-0.05, 0) is 51.7 Å². The number of esters is 1. The maximum atomic E-state index is 13.8.